The van der Waals surface area contributed by atoms with Crippen LogP contribution in [0.15, 0.2) is 91.0 Å². The molecule has 1 aliphatic rings. The first kappa shape index (κ1) is 25.2. The van der Waals surface area contributed by atoms with E-state index >= 15 is 0 Å². The Kier molecular flexibility index (Phi) is 6.66. The van der Waals surface area contributed by atoms with Gasteiger partial charge < -0.3 is 18.8 Å². The van der Waals surface area contributed by atoms with Gasteiger partial charge in [-0.25, -0.2) is 9.48 Å². The maximum atomic E-state index is 13.2. The minimum absolute atomic E-state index is 0.220. The fourth-order valence-corrected chi connectivity index (χ4v) is 4.87. The van der Waals surface area contributed by atoms with E-state index < -0.39 is 5.97 Å². The summed E-state index contributed by atoms with van der Waals surface area (Å²) in [4.78, 5) is 26.5. The van der Waals surface area contributed by atoms with Crippen LogP contribution in [-0.4, -0.2) is 39.5 Å². The number of Topliss-reactive ketones (excluding diaryl/α,β-unsaturated/α-hetero) is 1. The van der Waals surface area contributed by atoms with Crippen molar-refractivity contribution < 1.29 is 23.8 Å². The number of esters is 1. The van der Waals surface area contributed by atoms with Crippen molar-refractivity contribution in [1.82, 2.24) is 14.3 Å². The lowest BCUT2D eigenvalue weighted by Gasteiger charge is -2.11. The zero-order valence-electron chi connectivity index (χ0n) is 22.2. The molecule has 0 fully saturated rings. The highest BCUT2D eigenvalue weighted by Gasteiger charge is 2.22. The van der Waals surface area contributed by atoms with Gasteiger partial charge in [-0.3, -0.25) is 4.79 Å². The summed E-state index contributed by atoms with van der Waals surface area (Å²) in [5.41, 5.74) is 5.75. The number of hydrogen-bond donors (Lipinski definition) is 0. The average Bonchev–Trinajstić information content (AvgIpc) is 3.71. The zero-order valence-corrected chi connectivity index (χ0v) is 22.2. The Morgan fingerprint density at radius 3 is 2.38 bits per heavy atom. The van der Waals surface area contributed by atoms with Crippen molar-refractivity contribution in [2.24, 2.45) is 0 Å². The van der Waals surface area contributed by atoms with Crippen LogP contribution in [0.2, 0.25) is 0 Å². The molecule has 1 aliphatic heterocycles. The van der Waals surface area contributed by atoms with Crippen LogP contribution < -0.4 is 9.47 Å². The van der Waals surface area contributed by atoms with Crippen LogP contribution in [0.1, 0.15) is 37.8 Å². The Labute approximate surface area is 231 Å². The quantitative estimate of drug-likeness (QED) is 0.186. The minimum Gasteiger partial charge on any atom is -0.454 e. The molecule has 8 heteroatoms. The average molecular weight is 534 g/mol. The van der Waals surface area contributed by atoms with E-state index in [1.165, 1.54) is 0 Å². The summed E-state index contributed by atoms with van der Waals surface area (Å²) < 4.78 is 20.0. The Bertz CT molecular complexity index is 1700. The summed E-state index contributed by atoms with van der Waals surface area (Å²) in [6.07, 6.45) is 0. The minimum atomic E-state index is -0.624. The molecule has 0 amide bonds. The lowest BCUT2D eigenvalue weighted by molar-refractivity contribution is 0.0465. The van der Waals surface area contributed by atoms with Crippen molar-refractivity contribution in [2.75, 3.05) is 13.4 Å². The van der Waals surface area contributed by atoms with Crippen molar-refractivity contribution in [3.63, 3.8) is 0 Å². The number of carbonyl (C=O) groups excluding carboxylic acids is 2. The number of carbonyl (C=O) groups is 2. The van der Waals surface area contributed by atoms with Gasteiger partial charge in [0.2, 0.25) is 12.6 Å². The molecule has 3 aromatic carbocycles. The van der Waals surface area contributed by atoms with Crippen LogP contribution in [0.3, 0.4) is 0 Å². The highest BCUT2D eigenvalue weighted by Crippen LogP contribution is 2.33. The summed E-state index contributed by atoms with van der Waals surface area (Å²) >= 11 is 0. The molecule has 6 rings (SSSR count). The monoisotopic (exact) mass is 533 g/mol. The van der Waals surface area contributed by atoms with Crippen LogP contribution in [0.25, 0.3) is 16.9 Å². The molecule has 8 nitrogen and oxygen atoms in total. The molecular weight excluding hydrogens is 506 g/mol. The number of hydrogen-bond acceptors (Lipinski definition) is 6. The Morgan fingerprint density at radius 2 is 1.60 bits per heavy atom. The van der Waals surface area contributed by atoms with E-state index in [1.54, 1.807) is 10.7 Å². The molecule has 2 aromatic heterocycles. The summed E-state index contributed by atoms with van der Waals surface area (Å²) in [6.45, 7) is 4.25. The predicted octanol–water partition coefficient (Wildman–Crippen LogP) is 5.77. The van der Waals surface area contributed by atoms with E-state index in [9.17, 15) is 9.59 Å². The Hall–Kier alpha value is -5.11. The van der Waals surface area contributed by atoms with E-state index in [0.717, 1.165) is 34.0 Å². The number of fused-ring (bicyclic) bond motifs is 1. The van der Waals surface area contributed by atoms with Gasteiger partial charge in [0.25, 0.3) is 0 Å². The van der Waals surface area contributed by atoms with E-state index in [-0.39, 0.29) is 24.9 Å². The zero-order chi connectivity index (χ0) is 27.6. The van der Waals surface area contributed by atoms with E-state index in [4.69, 9.17) is 14.2 Å². The second-order valence-corrected chi connectivity index (χ2v) is 9.59. The molecule has 0 saturated heterocycles. The first-order valence-corrected chi connectivity index (χ1v) is 12.9. The third-order valence-electron chi connectivity index (χ3n) is 6.97. The maximum Gasteiger partial charge on any atom is 0.357 e. The van der Waals surface area contributed by atoms with Crippen LogP contribution in [0.4, 0.5) is 0 Å². The first-order valence-electron chi connectivity index (χ1n) is 12.9. The summed E-state index contributed by atoms with van der Waals surface area (Å²) in [7, 11) is 0. The highest BCUT2D eigenvalue weighted by atomic mass is 16.7. The van der Waals surface area contributed by atoms with Crippen molar-refractivity contribution in [3.8, 4) is 28.4 Å². The third kappa shape index (κ3) is 4.87. The molecule has 5 aromatic rings. The molecule has 200 valence electrons. The summed E-state index contributed by atoms with van der Waals surface area (Å²) in [5.74, 6) is 0.550. The number of ether oxygens (including phenoxy) is 3. The highest BCUT2D eigenvalue weighted by molar-refractivity contribution is 6.00. The SMILES string of the molecule is Cc1cc(C(=O)COC(=O)c2cc(-c3ccccc3)nn2-c2ccccc2)c(C)n1Cc1ccc2c(c1)OCO2. The van der Waals surface area contributed by atoms with Gasteiger partial charge in [0.1, 0.15) is 0 Å². The largest absolute Gasteiger partial charge is 0.454 e. The normalized spacial score (nSPS) is 11.9. The Balaban J connectivity index is 1.20. The van der Waals surface area contributed by atoms with Gasteiger partial charge in [0.05, 0.1) is 11.4 Å². The molecule has 0 saturated carbocycles. The fourth-order valence-electron chi connectivity index (χ4n) is 4.87. The molecule has 0 N–H and O–H groups in total. The number of aryl methyl sites for hydroxylation is 1. The maximum absolute atomic E-state index is 13.2. The fraction of sp³-hybridized carbons (Fsp3) is 0.156. The van der Waals surface area contributed by atoms with E-state index in [1.807, 2.05) is 98.8 Å². The predicted molar refractivity (Wildman–Crippen MR) is 149 cm³/mol. The number of para-hydroxylation sites is 1. The molecule has 0 spiro atoms. The van der Waals surface area contributed by atoms with Crippen LogP contribution in [0.5, 0.6) is 11.5 Å². The first-order chi connectivity index (χ1) is 19.5. The molecule has 3 heterocycles. The lowest BCUT2D eigenvalue weighted by Crippen LogP contribution is -2.17. The van der Waals surface area contributed by atoms with Crippen molar-refractivity contribution in [3.05, 3.63) is 119 Å². The summed E-state index contributed by atoms with van der Waals surface area (Å²) in [5, 5.41) is 4.66. The van der Waals surface area contributed by atoms with Gasteiger partial charge in [-0.1, -0.05) is 54.6 Å². The molecule has 40 heavy (non-hydrogen) atoms. The van der Waals surface area contributed by atoms with Crippen molar-refractivity contribution in [2.45, 2.75) is 20.4 Å². The van der Waals surface area contributed by atoms with Crippen molar-refractivity contribution in [1.29, 1.82) is 0 Å². The van der Waals surface area contributed by atoms with Gasteiger partial charge in [-0.15, -0.1) is 0 Å². The second kappa shape index (κ2) is 10.6. The van der Waals surface area contributed by atoms with Gasteiger partial charge in [0, 0.05) is 29.1 Å². The molecule has 0 unspecified atom stereocenters. The summed E-state index contributed by atoms with van der Waals surface area (Å²) in [6, 6.07) is 28.3. The third-order valence-corrected chi connectivity index (χ3v) is 6.97. The smallest absolute Gasteiger partial charge is 0.357 e. The number of nitrogens with zero attached hydrogens (tertiary/aromatic N) is 3. The molecule has 0 aliphatic carbocycles. The van der Waals surface area contributed by atoms with Gasteiger partial charge in [0.15, 0.2) is 23.8 Å². The van der Waals surface area contributed by atoms with Gasteiger partial charge in [-0.05, 0) is 55.8 Å². The lowest BCUT2D eigenvalue weighted by atomic mass is 10.1. The van der Waals surface area contributed by atoms with Crippen LogP contribution in [-0.2, 0) is 11.3 Å². The molecular formula is C32H27N3O5. The number of rotatable bonds is 8. The second-order valence-electron chi connectivity index (χ2n) is 9.59. The molecule has 0 atom stereocenters. The standard InChI is InChI=1S/C32H27N3O5/c1-21-15-26(22(2)34(21)18-23-13-14-30-31(16-23)40-20-39-30)29(36)19-38-32(37)28-17-27(24-9-5-3-6-10-24)33-35(28)25-11-7-4-8-12-25/h3-17H,18-20H2,1-2H3. The van der Waals surface area contributed by atoms with Crippen molar-refractivity contribution >= 4 is 11.8 Å². The number of benzene rings is 3. The topological polar surface area (TPSA) is 84.6 Å². The van der Waals surface area contributed by atoms with Crippen LogP contribution >= 0.6 is 0 Å². The van der Waals surface area contributed by atoms with Gasteiger partial charge in [-0.2, -0.15) is 5.10 Å². The van der Waals surface area contributed by atoms with E-state index in [2.05, 4.69) is 9.67 Å². The van der Waals surface area contributed by atoms with Crippen LogP contribution in [0, 0.1) is 13.8 Å². The number of aromatic nitrogens is 3. The molecule has 0 radical (unpaired) electrons. The van der Waals surface area contributed by atoms with E-state index in [0.29, 0.717) is 23.6 Å². The number of ketones is 1. The molecule has 0 bridgehead atoms. The Morgan fingerprint density at radius 1 is 0.875 bits per heavy atom. The van der Waals surface area contributed by atoms with Gasteiger partial charge >= 0.3 is 5.97 Å².